The number of benzene rings is 1. The first-order valence-corrected chi connectivity index (χ1v) is 9.38. The lowest BCUT2D eigenvalue weighted by molar-refractivity contribution is -0.141. The van der Waals surface area contributed by atoms with E-state index in [0.29, 0.717) is 13.1 Å². The van der Waals surface area contributed by atoms with E-state index in [9.17, 15) is 22.4 Å². The van der Waals surface area contributed by atoms with Crippen LogP contribution in [0.2, 0.25) is 0 Å². The van der Waals surface area contributed by atoms with Crippen molar-refractivity contribution in [1.82, 2.24) is 14.8 Å². The molecule has 29 heavy (non-hydrogen) atoms. The fourth-order valence-corrected chi connectivity index (χ4v) is 3.72. The number of amides is 1. The number of rotatable bonds is 3. The van der Waals surface area contributed by atoms with Crippen molar-refractivity contribution in [3.8, 4) is 0 Å². The first-order valence-electron chi connectivity index (χ1n) is 9.38. The van der Waals surface area contributed by atoms with Gasteiger partial charge in [-0.05, 0) is 36.4 Å². The minimum Gasteiger partial charge on any atom is -0.369 e. The highest BCUT2D eigenvalue weighted by Gasteiger charge is 2.37. The summed E-state index contributed by atoms with van der Waals surface area (Å²) in [4.78, 5) is 21.9. The van der Waals surface area contributed by atoms with Gasteiger partial charge in [0.2, 0.25) is 0 Å². The summed E-state index contributed by atoms with van der Waals surface area (Å²) in [5.74, 6) is -0.553. The fourth-order valence-electron chi connectivity index (χ4n) is 3.72. The highest BCUT2D eigenvalue weighted by atomic mass is 19.4. The Morgan fingerprint density at radius 3 is 2.17 bits per heavy atom. The third-order valence-corrected chi connectivity index (χ3v) is 5.47. The molecule has 2 fully saturated rings. The number of pyridine rings is 1. The number of carbonyl (C=O) groups is 1. The average molecular weight is 408 g/mol. The van der Waals surface area contributed by atoms with E-state index in [1.54, 1.807) is 17.0 Å². The number of carbonyl (C=O) groups excluding carboxylic acids is 1. The molecule has 2 aliphatic heterocycles. The van der Waals surface area contributed by atoms with Crippen molar-refractivity contribution in [1.29, 1.82) is 0 Å². The van der Waals surface area contributed by atoms with E-state index in [1.807, 2.05) is 0 Å². The summed E-state index contributed by atoms with van der Waals surface area (Å²) in [5.41, 5.74) is 0.151. The SMILES string of the molecule is O=C(c1ccc(C(F)(F)F)nc1)N1CC(N2CCN(c3ccc(F)cc3)CC2)C1. The van der Waals surface area contributed by atoms with Gasteiger partial charge in [0.05, 0.1) is 5.56 Å². The number of anilines is 1. The van der Waals surface area contributed by atoms with Gasteiger partial charge < -0.3 is 9.80 Å². The topological polar surface area (TPSA) is 39.7 Å². The Morgan fingerprint density at radius 1 is 0.966 bits per heavy atom. The Kier molecular flexibility index (Phi) is 5.16. The number of hydrogen-bond acceptors (Lipinski definition) is 4. The van der Waals surface area contributed by atoms with Crippen LogP contribution < -0.4 is 4.90 Å². The van der Waals surface area contributed by atoms with Crippen LogP contribution in [0.1, 0.15) is 16.1 Å². The summed E-state index contributed by atoms with van der Waals surface area (Å²) in [5, 5.41) is 0. The molecule has 1 aromatic carbocycles. The predicted octanol–water partition coefficient (Wildman–Crippen LogP) is 2.89. The summed E-state index contributed by atoms with van der Waals surface area (Å²) in [6.07, 6.45) is -3.53. The van der Waals surface area contributed by atoms with Gasteiger partial charge in [-0.15, -0.1) is 0 Å². The third kappa shape index (κ3) is 4.19. The molecule has 0 spiro atoms. The zero-order chi connectivity index (χ0) is 20.6. The van der Waals surface area contributed by atoms with E-state index in [1.165, 1.54) is 18.2 Å². The molecule has 4 rings (SSSR count). The minimum absolute atomic E-state index is 0.164. The molecule has 0 saturated carbocycles. The Labute approximate surface area is 165 Å². The molecule has 2 aliphatic rings. The lowest BCUT2D eigenvalue weighted by atomic mass is 10.0. The second-order valence-corrected chi connectivity index (χ2v) is 7.29. The van der Waals surface area contributed by atoms with Crippen LogP contribution in [0.15, 0.2) is 42.6 Å². The van der Waals surface area contributed by atoms with Crippen LogP contribution in [0.4, 0.5) is 23.2 Å². The van der Waals surface area contributed by atoms with Crippen LogP contribution >= 0.6 is 0 Å². The zero-order valence-corrected chi connectivity index (χ0v) is 15.6. The van der Waals surface area contributed by atoms with Gasteiger partial charge in [-0.25, -0.2) is 4.39 Å². The molecule has 1 aromatic heterocycles. The summed E-state index contributed by atoms with van der Waals surface area (Å²) >= 11 is 0. The molecular weight excluding hydrogens is 388 g/mol. The minimum atomic E-state index is -4.51. The molecule has 0 unspecified atom stereocenters. The van der Waals surface area contributed by atoms with E-state index in [4.69, 9.17) is 0 Å². The molecule has 1 amide bonds. The van der Waals surface area contributed by atoms with Crippen molar-refractivity contribution in [2.24, 2.45) is 0 Å². The van der Waals surface area contributed by atoms with E-state index >= 15 is 0 Å². The number of likely N-dealkylation sites (tertiary alicyclic amines) is 1. The van der Waals surface area contributed by atoms with E-state index in [0.717, 1.165) is 44.1 Å². The summed E-state index contributed by atoms with van der Waals surface area (Å²) in [6, 6.07) is 8.70. The quantitative estimate of drug-likeness (QED) is 0.733. The molecule has 154 valence electrons. The van der Waals surface area contributed by atoms with Crippen LogP contribution in [-0.4, -0.2) is 66.0 Å². The number of piperazine rings is 1. The largest absolute Gasteiger partial charge is 0.433 e. The second-order valence-electron chi connectivity index (χ2n) is 7.29. The highest BCUT2D eigenvalue weighted by Crippen LogP contribution is 2.28. The number of hydrogen-bond donors (Lipinski definition) is 0. The van der Waals surface area contributed by atoms with E-state index in [2.05, 4.69) is 14.8 Å². The average Bonchev–Trinajstić information content (AvgIpc) is 2.67. The van der Waals surface area contributed by atoms with Crippen molar-refractivity contribution in [3.63, 3.8) is 0 Å². The zero-order valence-electron chi connectivity index (χ0n) is 15.6. The normalized spacial score (nSPS) is 18.6. The maximum atomic E-state index is 13.1. The molecule has 0 atom stereocenters. The van der Waals surface area contributed by atoms with Gasteiger partial charge in [-0.1, -0.05) is 0 Å². The maximum Gasteiger partial charge on any atom is 0.433 e. The molecule has 0 radical (unpaired) electrons. The van der Waals surface area contributed by atoms with Crippen LogP contribution in [0.25, 0.3) is 0 Å². The molecule has 0 aliphatic carbocycles. The van der Waals surface area contributed by atoms with Gasteiger partial charge in [-0.2, -0.15) is 13.2 Å². The van der Waals surface area contributed by atoms with Crippen molar-refractivity contribution in [3.05, 3.63) is 59.7 Å². The molecule has 0 N–H and O–H groups in total. The lowest BCUT2D eigenvalue weighted by Crippen LogP contribution is -2.64. The van der Waals surface area contributed by atoms with Gasteiger partial charge in [0.25, 0.3) is 5.91 Å². The molecule has 3 heterocycles. The van der Waals surface area contributed by atoms with Gasteiger partial charge in [0, 0.05) is 57.2 Å². The number of halogens is 4. The Balaban J connectivity index is 1.27. The Morgan fingerprint density at radius 2 is 1.62 bits per heavy atom. The van der Waals surface area contributed by atoms with E-state index < -0.39 is 11.9 Å². The highest BCUT2D eigenvalue weighted by molar-refractivity contribution is 5.94. The van der Waals surface area contributed by atoms with Gasteiger partial charge in [-0.3, -0.25) is 14.7 Å². The Hall–Kier alpha value is -2.68. The smallest absolute Gasteiger partial charge is 0.369 e. The number of aromatic nitrogens is 1. The van der Waals surface area contributed by atoms with Crippen LogP contribution in [0.3, 0.4) is 0 Å². The summed E-state index contributed by atoms with van der Waals surface area (Å²) in [6.45, 7) is 4.42. The fraction of sp³-hybridized carbons (Fsp3) is 0.400. The Bertz CT molecular complexity index is 856. The van der Waals surface area contributed by atoms with Crippen molar-refractivity contribution in [2.45, 2.75) is 12.2 Å². The van der Waals surface area contributed by atoms with Crippen LogP contribution in [-0.2, 0) is 6.18 Å². The summed E-state index contributed by atoms with van der Waals surface area (Å²) < 4.78 is 50.8. The number of alkyl halides is 3. The van der Waals surface area contributed by atoms with Crippen molar-refractivity contribution >= 4 is 11.6 Å². The first kappa shape index (κ1) is 19.6. The monoisotopic (exact) mass is 408 g/mol. The van der Waals surface area contributed by atoms with Crippen LogP contribution in [0.5, 0.6) is 0 Å². The predicted molar refractivity (Wildman–Crippen MR) is 99.1 cm³/mol. The molecule has 9 heteroatoms. The molecular formula is C20H20F4N4O. The molecule has 2 saturated heterocycles. The third-order valence-electron chi connectivity index (χ3n) is 5.47. The molecule has 2 aromatic rings. The standard InChI is InChI=1S/C20H20F4N4O/c21-15-2-4-16(5-3-15)26-7-9-27(10-8-26)17-12-28(13-17)19(29)14-1-6-18(25-11-14)20(22,23)24/h1-6,11,17H,7-10,12-13H2. The summed E-state index contributed by atoms with van der Waals surface area (Å²) in [7, 11) is 0. The van der Waals surface area contributed by atoms with Gasteiger partial charge in [0.1, 0.15) is 11.5 Å². The maximum absolute atomic E-state index is 13.1. The first-order chi connectivity index (χ1) is 13.8. The lowest BCUT2D eigenvalue weighted by Gasteiger charge is -2.48. The number of nitrogens with zero attached hydrogens (tertiary/aromatic N) is 4. The van der Waals surface area contributed by atoms with E-state index in [-0.39, 0.29) is 23.3 Å². The van der Waals surface area contributed by atoms with Gasteiger partial charge in [0.15, 0.2) is 0 Å². The van der Waals surface area contributed by atoms with Gasteiger partial charge >= 0.3 is 6.18 Å². The van der Waals surface area contributed by atoms with Crippen molar-refractivity contribution in [2.75, 3.05) is 44.2 Å². The molecule has 5 nitrogen and oxygen atoms in total. The van der Waals surface area contributed by atoms with Crippen molar-refractivity contribution < 1.29 is 22.4 Å². The van der Waals surface area contributed by atoms with Crippen LogP contribution in [0, 0.1) is 5.82 Å². The molecule has 0 bridgehead atoms. The second kappa shape index (κ2) is 7.62.